The number of aromatic nitrogens is 3. The third-order valence-electron chi connectivity index (χ3n) is 3.59. The van der Waals surface area contributed by atoms with Crippen molar-refractivity contribution in [2.75, 3.05) is 5.32 Å². The summed E-state index contributed by atoms with van der Waals surface area (Å²) in [4.78, 5) is 12.4. The SMILES string of the molecule is Cc1nnc(S[C@@H](C)C(=O)Nc2ccccc2F)n1-c1ccccc1. The minimum absolute atomic E-state index is 0.167. The van der Waals surface area contributed by atoms with E-state index in [9.17, 15) is 9.18 Å². The zero-order chi connectivity index (χ0) is 17.8. The van der Waals surface area contributed by atoms with Gasteiger partial charge in [-0.05, 0) is 38.1 Å². The number of anilines is 1. The molecule has 0 aliphatic carbocycles. The molecule has 5 nitrogen and oxygen atoms in total. The van der Waals surface area contributed by atoms with Gasteiger partial charge >= 0.3 is 0 Å². The summed E-state index contributed by atoms with van der Waals surface area (Å²) in [6, 6.07) is 15.8. The van der Waals surface area contributed by atoms with Crippen molar-refractivity contribution in [2.45, 2.75) is 24.3 Å². The maximum absolute atomic E-state index is 13.7. The molecule has 0 saturated heterocycles. The highest BCUT2D eigenvalue weighted by Gasteiger charge is 2.20. The molecule has 0 saturated carbocycles. The van der Waals surface area contributed by atoms with Crippen molar-refractivity contribution >= 4 is 23.4 Å². The lowest BCUT2D eigenvalue weighted by molar-refractivity contribution is -0.115. The summed E-state index contributed by atoms with van der Waals surface area (Å²) >= 11 is 1.27. The average Bonchev–Trinajstić information content (AvgIpc) is 2.98. The predicted octanol–water partition coefficient (Wildman–Crippen LogP) is 3.83. The molecule has 0 fully saturated rings. The van der Waals surface area contributed by atoms with Gasteiger partial charge in [0.2, 0.25) is 5.91 Å². The van der Waals surface area contributed by atoms with E-state index in [2.05, 4.69) is 15.5 Å². The highest BCUT2D eigenvalue weighted by atomic mass is 32.2. The van der Waals surface area contributed by atoms with Crippen LogP contribution < -0.4 is 5.32 Å². The van der Waals surface area contributed by atoms with Gasteiger partial charge in [-0.1, -0.05) is 42.1 Å². The number of hydrogen-bond acceptors (Lipinski definition) is 4. The highest BCUT2D eigenvalue weighted by Crippen LogP contribution is 2.26. The predicted molar refractivity (Wildman–Crippen MR) is 96.4 cm³/mol. The van der Waals surface area contributed by atoms with Gasteiger partial charge in [0.05, 0.1) is 10.9 Å². The van der Waals surface area contributed by atoms with Gasteiger partial charge in [0.15, 0.2) is 5.16 Å². The fraction of sp³-hybridized carbons (Fsp3) is 0.167. The first-order chi connectivity index (χ1) is 12.1. The molecule has 3 aromatic rings. The lowest BCUT2D eigenvalue weighted by atomic mass is 10.3. The van der Waals surface area contributed by atoms with Crippen LogP contribution in [-0.4, -0.2) is 25.9 Å². The van der Waals surface area contributed by atoms with Crippen molar-refractivity contribution in [1.82, 2.24) is 14.8 Å². The Hall–Kier alpha value is -2.67. The van der Waals surface area contributed by atoms with E-state index in [1.165, 1.54) is 23.9 Å². The number of thioether (sulfide) groups is 1. The van der Waals surface area contributed by atoms with Crippen molar-refractivity contribution in [3.8, 4) is 5.69 Å². The molecule has 0 aliphatic rings. The number of rotatable bonds is 5. The van der Waals surface area contributed by atoms with Gasteiger partial charge in [0, 0.05) is 5.69 Å². The Morgan fingerprint density at radius 1 is 1.12 bits per heavy atom. The first kappa shape index (κ1) is 17.2. The van der Waals surface area contributed by atoms with Crippen molar-refractivity contribution in [3.05, 3.63) is 66.2 Å². The van der Waals surface area contributed by atoms with Crippen LogP contribution in [0.4, 0.5) is 10.1 Å². The van der Waals surface area contributed by atoms with Crippen LogP contribution in [0.15, 0.2) is 59.8 Å². The molecule has 128 valence electrons. The molecular weight excluding hydrogens is 339 g/mol. The van der Waals surface area contributed by atoms with E-state index in [1.807, 2.05) is 41.8 Å². The summed E-state index contributed by atoms with van der Waals surface area (Å²) in [5, 5.41) is 11.0. The third-order valence-corrected chi connectivity index (χ3v) is 4.64. The maximum atomic E-state index is 13.7. The number of nitrogens with zero attached hydrogens (tertiary/aromatic N) is 3. The van der Waals surface area contributed by atoms with Crippen molar-refractivity contribution in [2.24, 2.45) is 0 Å². The Balaban J connectivity index is 1.77. The van der Waals surface area contributed by atoms with E-state index in [0.717, 1.165) is 11.5 Å². The molecule has 1 atom stereocenters. The largest absolute Gasteiger partial charge is 0.323 e. The zero-order valence-electron chi connectivity index (χ0n) is 13.8. The normalized spacial score (nSPS) is 12.0. The van der Waals surface area contributed by atoms with E-state index < -0.39 is 11.1 Å². The molecule has 0 aliphatic heterocycles. The molecule has 3 rings (SSSR count). The van der Waals surface area contributed by atoms with Crippen molar-refractivity contribution in [3.63, 3.8) is 0 Å². The Labute approximate surface area is 149 Å². The van der Waals surface area contributed by atoms with Crippen LogP contribution in [0.1, 0.15) is 12.7 Å². The lowest BCUT2D eigenvalue weighted by Crippen LogP contribution is -2.23. The van der Waals surface area contributed by atoms with Gasteiger partial charge in [-0.3, -0.25) is 9.36 Å². The number of aryl methyl sites for hydroxylation is 1. The average molecular weight is 356 g/mol. The number of para-hydroxylation sites is 2. The number of hydrogen-bond donors (Lipinski definition) is 1. The van der Waals surface area contributed by atoms with Gasteiger partial charge in [0.25, 0.3) is 0 Å². The van der Waals surface area contributed by atoms with Crippen LogP contribution in [0.5, 0.6) is 0 Å². The summed E-state index contributed by atoms with van der Waals surface area (Å²) in [7, 11) is 0. The first-order valence-corrected chi connectivity index (χ1v) is 8.63. The third kappa shape index (κ3) is 3.88. The number of carbonyl (C=O) groups is 1. The van der Waals surface area contributed by atoms with Gasteiger partial charge in [-0.2, -0.15) is 0 Å². The summed E-state index contributed by atoms with van der Waals surface area (Å²) in [6.07, 6.45) is 0. The Morgan fingerprint density at radius 3 is 2.52 bits per heavy atom. The van der Waals surface area contributed by atoms with Crippen molar-refractivity contribution < 1.29 is 9.18 Å². The Bertz CT molecular complexity index is 882. The van der Waals surface area contributed by atoms with Crippen LogP contribution in [0.2, 0.25) is 0 Å². The molecule has 0 unspecified atom stereocenters. The smallest absolute Gasteiger partial charge is 0.237 e. The van der Waals surface area contributed by atoms with Gasteiger partial charge in [-0.25, -0.2) is 4.39 Å². The second kappa shape index (κ2) is 7.48. The molecule has 1 aromatic heterocycles. The number of carbonyl (C=O) groups excluding carboxylic acids is 1. The first-order valence-electron chi connectivity index (χ1n) is 7.76. The molecule has 25 heavy (non-hydrogen) atoms. The summed E-state index contributed by atoms with van der Waals surface area (Å²) in [5.41, 5.74) is 1.09. The van der Waals surface area contributed by atoms with Gasteiger partial charge in [-0.15, -0.1) is 10.2 Å². The van der Waals surface area contributed by atoms with E-state index in [1.54, 1.807) is 19.1 Å². The van der Waals surface area contributed by atoms with Crippen LogP contribution >= 0.6 is 11.8 Å². The number of benzene rings is 2. The van der Waals surface area contributed by atoms with Crippen molar-refractivity contribution in [1.29, 1.82) is 0 Å². The summed E-state index contributed by atoms with van der Waals surface area (Å²) in [6.45, 7) is 3.61. The zero-order valence-corrected chi connectivity index (χ0v) is 14.6. The number of halogens is 1. The van der Waals surface area contributed by atoms with Crippen LogP contribution in [0, 0.1) is 12.7 Å². The molecule has 1 N–H and O–H groups in total. The monoisotopic (exact) mass is 356 g/mol. The quantitative estimate of drug-likeness (QED) is 0.706. The minimum atomic E-state index is -0.467. The second-order valence-corrected chi connectivity index (χ2v) is 6.74. The minimum Gasteiger partial charge on any atom is -0.323 e. The second-order valence-electron chi connectivity index (χ2n) is 5.43. The van der Waals surface area contributed by atoms with E-state index in [0.29, 0.717) is 5.16 Å². The van der Waals surface area contributed by atoms with Crippen LogP contribution in [0.3, 0.4) is 0 Å². The van der Waals surface area contributed by atoms with E-state index in [-0.39, 0.29) is 11.6 Å². The molecular formula is C18H17FN4OS. The summed E-state index contributed by atoms with van der Waals surface area (Å²) < 4.78 is 15.6. The molecule has 7 heteroatoms. The maximum Gasteiger partial charge on any atom is 0.237 e. The standard InChI is InChI=1S/C18H17FN4OS/c1-12(17(24)20-16-11-7-6-10-15(16)19)25-18-22-21-13(2)23(18)14-8-4-3-5-9-14/h3-12H,1-2H3,(H,20,24)/t12-/m0/s1. The molecule has 1 heterocycles. The molecule has 1 amide bonds. The number of amides is 1. The topological polar surface area (TPSA) is 59.8 Å². The van der Waals surface area contributed by atoms with E-state index >= 15 is 0 Å². The van der Waals surface area contributed by atoms with Crippen LogP contribution in [-0.2, 0) is 4.79 Å². The molecule has 0 bridgehead atoms. The fourth-order valence-corrected chi connectivity index (χ4v) is 3.22. The number of nitrogens with one attached hydrogen (secondary N) is 1. The molecule has 0 radical (unpaired) electrons. The van der Waals surface area contributed by atoms with Crippen LogP contribution in [0.25, 0.3) is 5.69 Å². The molecule has 0 spiro atoms. The van der Waals surface area contributed by atoms with E-state index in [4.69, 9.17) is 0 Å². The Morgan fingerprint density at radius 2 is 1.80 bits per heavy atom. The molecule has 2 aromatic carbocycles. The van der Waals surface area contributed by atoms with Gasteiger partial charge < -0.3 is 5.32 Å². The summed E-state index contributed by atoms with van der Waals surface area (Å²) in [5.74, 6) is -0.0258. The fourth-order valence-electron chi connectivity index (χ4n) is 2.30. The van der Waals surface area contributed by atoms with Gasteiger partial charge in [0.1, 0.15) is 11.6 Å². The lowest BCUT2D eigenvalue weighted by Gasteiger charge is -2.13. The Kier molecular flexibility index (Phi) is 5.14. The highest BCUT2D eigenvalue weighted by molar-refractivity contribution is 8.00.